The monoisotopic (exact) mass is 1070 g/mol. The number of ether oxygens (including phenoxy) is 3. The quantitative estimate of drug-likeness (QED) is 0.0261. The van der Waals surface area contributed by atoms with E-state index in [4.69, 9.17) is 14.2 Å². The third kappa shape index (κ3) is 63.0. The number of carbonyl (C=O) groups excluding carboxylic acids is 3. The molecule has 0 aromatic heterocycles. The van der Waals surface area contributed by atoms with Gasteiger partial charge in [0.2, 0.25) is 0 Å². The summed E-state index contributed by atoms with van der Waals surface area (Å²) in [6.45, 7) is 6.47. The normalized spacial score (nSPS) is 12.7. The third-order valence-electron chi connectivity index (χ3n) is 14.0. The lowest BCUT2D eigenvalue weighted by molar-refractivity contribution is -0.167. The lowest BCUT2D eigenvalue weighted by Gasteiger charge is -2.18. The minimum absolute atomic E-state index is 0.0812. The predicted molar refractivity (Wildman–Crippen MR) is 334 cm³/mol. The highest BCUT2D eigenvalue weighted by Gasteiger charge is 2.19. The first-order valence-electron chi connectivity index (χ1n) is 32.7. The number of carbonyl (C=O) groups is 3. The second kappa shape index (κ2) is 64.9. The fourth-order valence-electron chi connectivity index (χ4n) is 9.15. The smallest absolute Gasteiger partial charge is 0.306 e. The highest BCUT2D eigenvalue weighted by Crippen LogP contribution is 2.16. The molecule has 0 spiro atoms. The molecule has 6 nitrogen and oxygen atoms in total. The van der Waals surface area contributed by atoms with Crippen LogP contribution in [0.3, 0.4) is 0 Å². The van der Waals surface area contributed by atoms with Crippen molar-refractivity contribution in [1.82, 2.24) is 0 Å². The molecule has 0 saturated heterocycles. The fraction of sp³-hybridized carbons (Fsp3) is 0.732. The summed E-state index contributed by atoms with van der Waals surface area (Å²) in [5.74, 6) is -0.892. The molecule has 0 saturated carbocycles. The van der Waals surface area contributed by atoms with Crippen LogP contribution in [-0.2, 0) is 28.6 Å². The first-order chi connectivity index (χ1) is 38.0. The van der Waals surface area contributed by atoms with Crippen molar-refractivity contribution >= 4 is 17.9 Å². The van der Waals surface area contributed by atoms with Gasteiger partial charge in [0.05, 0.1) is 0 Å². The van der Waals surface area contributed by atoms with E-state index in [9.17, 15) is 14.4 Å². The number of rotatable bonds is 59. The molecule has 0 fully saturated rings. The van der Waals surface area contributed by atoms with Crippen molar-refractivity contribution in [2.24, 2.45) is 0 Å². The molecule has 0 amide bonds. The van der Waals surface area contributed by atoms with Crippen LogP contribution in [0.4, 0.5) is 0 Å². The summed E-state index contributed by atoms with van der Waals surface area (Å²) >= 11 is 0. The summed E-state index contributed by atoms with van der Waals surface area (Å²) in [7, 11) is 0. The Hall–Kier alpha value is -3.67. The number of allylic oxidation sites excluding steroid dienone is 16. The molecule has 0 aliphatic carbocycles. The maximum absolute atomic E-state index is 12.9. The number of hydrogen-bond donors (Lipinski definition) is 0. The van der Waals surface area contributed by atoms with Crippen LogP contribution in [0.25, 0.3) is 0 Å². The van der Waals surface area contributed by atoms with Crippen LogP contribution < -0.4 is 0 Å². The van der Waals surface area contributed by atoms with Gasteiger partial charge in [0.15, 0.2) is 6.10 Å². The molecule has 0 N–H and O–H groups in total. The van der Waals surface area contributed by atoms with E-state index < -0.39 is 6.10 Å². The molecule has 6 heteroatoms. The average Bonchev–Trinajstić information content (AvgIpc) is 3.43. The molecule has 1 unspecified atom stereocenters. The molecule has 0 aliphatic heterocycles. The van der Waals surface area contributed by atoms with Crippen molar-refractivity contribution in [2.75, 3.05) is 13.2 Å². The van der Waals surface area contributed by atoms with E-state index in [-0.39, 0.29) is 31.1 Å². The van der Waals surface area contributed by atoms with E-state index in [1.807, 2.05) is 0 Å². The minimum Gasteiger partial charge on any atom is -0.462 e. The maximum Gasteiger partial charge on any atom is 0.306 e. The van der Waals surface area contributed by atoms with E-state index in [1.54, 1.807) is 0 Å². The van der Waals surface area contributed by atoms with Crippen molar-refractivity contribution in [2.45, 2.75) is 322 Å². The van der Waals surface area contributed by atoms with E-state index in [1.165, 1.54) is 154 Å². The summed E-state index contributed by atoms with van der Waals surface area (Å²) in [6.07, 6.45) is 87.2. The Labute approximate surface area is 477 Å². The summed E-state index contributed by atoms with van der Waals surface area (Å²) in [5.41, 5.74) is 0. The largest absolute Gasteiger partial charge is 0.462 e. The van der Waals surface area contributed by atoms with Gasteiger partial charge in [-0.2, -0.15) is 0 Å². The molecule has 0 bridgehead atoms. The van der Waals surface area contributed by atoms with Crippen molar-refractivity contribution in [3.63, 3.8) is 0 Å². The Kier molecular flexibility index (Phi) is 61.8. The summed E-state index contributed by atoms with van der Waals surface area (Å²) in [4.78, 5) is 38.2. The molecule has 0 rings (SSSR count). The first-order valence-corrected chi connectivity index (χ1v) is 32.7. The zero-order valence-electron chi connectivity index (χ0n) is 50.7. The average molecular weight is 1070 g/mol. The second-order valence-electron chi connectivity index (χ2n) is 21.6. The second-order valence-corrected chi connectivity index (χ2v) is 21.6. The van der Waals surface area contributed by atoms with E-state index in [0.29, 0.717) is 19.3 Å². The van der Waals surface area contributed by atoms with Gasteiger partial charge in [-0.3, -0.25) is 14.4 Å². The van der Waals surface area contributed by atoms with Gasteiger partial charge in [-0.1, -0.05) is 279 Å². The fourth-order valence-corrected chi connectivity index (χ4v) is 9.15. The number of unbranched alkanes of at least 4 members (excludes halogenated alkanes) is 32. The number of esters is 3. The Balaban J connectivity index is 4.14. The van der Waals surface area contributed by atoms with Gasteiger partial charge in [-0.25, -0.2) is 0 Å². The van der Waals surface area contributed by atoms with E-state index >= 15 is 0 Å². The lowest BCUT2D eigenvalue weighted by Crippen LogP contribution is -2.30. The molecule has 0 aromatic carbocycles. The molecule has 1 atom stereocenters. The van der Waals surface area contributed by atoms with Gasteiger partial charge in [-0.15, -0.1) is 0 Å². The standard InChI is InChI=1S/C71H122O6/c1-4-7-10-13-16-19-22-24-26-28-29-30-31-32-33-34-35-36-37-38-39-40-41-42-43-44-46-47-49-52-55-58-61-64-70(73)76-67-68(66-75-69(72)63-60-57-54-51-21-18-15-12-9-6-3)77-71(74)65-62-59-56-53-50-48-45-27-25-23-20-17-14-11-8-5-2/h7,10,12,15-16,19,24,26-27,29-30,32-33,35-36,45,68H,4-6,8-9,11,13-14,17-18,20-23,25,28,31,34,37-44,46-67H2,1-3H3/b10-7-,15-12-,19-16-,26-24-,30-29-,33-32-,36-35-,45-27-. The highest BCUT2D eigenvalue weighted by atomic mass is 16.6. The lowest BCUT2D eigenvalue weighted by atomic mass is 10.0. The van der Waals surface area contributed by atoms with Gasteiger partial charge in [0, 0.05) is 19.3 Å². The van der Waals surface area contributed by atoms with Gasteiger partial charge in [0.25, 0.3) is 0 Å². The molecule has 0 radical (unpaired) electrons. The maximum atomic E-state index is 12.9. The predicted octanol–water partition coefficient (Wildman–Crippen LogP) is 22.4. The topological polar surface area (TPSA) is 78.9 Å². The van der Waals surface area contributed by atoms with Crippen LogP contribution in [0, 0.1) is 0 Å². The van der Waals surface area contributed by atoms with Crippen LogP contribution in [0.2, 0.25) is 0 Å². The zero-order chi connectivity index (χ0) is 55.7. The highest BCUT2D eigenvalue weighted by molar-refractivity contribution is 5.71. The zero-order valence-corrected chi connectivity index (χ0v) is 50.7. The molecule has 0 aliphatic rings. The van der Waals surface area contributed by atoms with Crippen LogP contribution in [0.1, 0.15) is 316 Å². The SMILES string of the molecule is CC/C=C\C/C=C\C/C=C\C/C=C\C/C=C\C/C=C\CCCCCCCCCCCCCCCCC(=O)OCC(COC(=O)CCCCCCC/C=C\CCC)OC(=O)CCCCCCC/C=C\CCCCCCCCC. The summed E-state index contributed by atoms with van der Waals surface area (Å²) in [5, 5.41) is 0. The first kappa shape index (κ1) is 73.3. The van der Waals surface area contributed by atoms with Gasteiger partial charge in [-0.05, 0) is 116 Å². The Morgan fingerprint density at radius 2 is 0.532 bits per heavy atom. The number of hydrogen-bond acceptors (Lipinski definition) is 6. The Morgan fingerprint density at radius 1 is 0.273 bits per heavy atom. The van der Waals surface area contributed by atoms with Crippen LogP contribution in [-0.4, -0.2) is 37.2 Å². The van der Waals surface area contributed by atoms with E-state index in [0.717, 1.165) is 122 Å². The molecule has 0 aromatic rings. The van der Waals surface area contributed by atoms with Crippen LogP contribution in [0.5, 0.6) is 0 Å². The molecular weight excluding hydrogens is 949 g/mol. The van der Waals surface area contributed by atoms with Gasteiger partial charge in [0.1, 0.15) is 13.2 Å². The van der Waals surface area contributed by atoms with Gasteiger partial charge >= 0.3 is 17.9 Å². The Bertz CT molecular complexity index is 1510. The van der Waals surface area contributed by atoms with Crippen molar-refractivity contribution in [1.29, 1.82) is 0 Å². The third-order valence-corrected chi connectivity index (χ3v) is 14.0. The van der Waals surface area contributed by atoms with Crippen LogP contribution >= 0.6 is 0 Å². The van der Waals surface area contributed by atoms with Crippen LogP contribution in [0.15, 0.2) is 97.2 Å². The van der Waals surface area contributed by atoms with E-state index in [2.05, 4.69) is 118 Å². The summed E-state index contributed by atoms with van der Waals surface area (Å²) < 4.78 is 16.9. The van der Waals surface area contributed by atoms with Crippen molar-refractivity contribution in [3.05, 3.63) is 97.2 Å². The molecule has 0 heterocycles. The summed E-state index contributed by atoms with van der Waals surface area (Å²) in [6, 6.07) is 0. The van der Waals surface area contributed by atoms with Crippen molar-refractivity contribution < 1.29 is 28.6 Å². The van der Waals surface area contributed by atoms with Crippen molar-refractivity contribution in [3.8, 4) is 0 Å². The molecule has 442 valence electrons. The molecular formula is C71H122O6. The Morgan fingerprint density at radius 3 is 0.857 bits per heavy atom. The van der Waals surface area contributed by atoms with Gasteiger partial charge < -0.3 is 14.2 Å². The molecule has 77 heavy (non-hydrogen) atoms. The minimum atomic E-state index is -0.784.